The topological polar surface area (TPSA) is 99.9 Å². The minimum Gasteiger partial charge on any atom is -0.408 e. The number of aryl methyl sites for hydroxylation is 1. The first-order valence-corrected chi connectivity index (χ1v) is 10.3. The summed E-state index contributed by atoms with van der Waals surface area (Å²) in [6.07, 6.45) is 1.38. The predicted octanol–water partition coefficient (Wildman–Crippen LogP) is 1.02. The molecule has 3 heterocycles. The molecule has 1 aromatic heterocycles. The zero-order chi connectivity index (χ0) is 19.0. The Labute approximate surface area is 157 Å². The average molecular weight is 391 g/mol. The molecule has 27 heavy (non-hydrogen) atoms. The number of hydrogen-bond donors (Lipinski definition) is 0. The first kappa shape index (κ1) is 17.9. The third kappa shape index (κ3) is 3.42. The largest absolute Gasteiger partial charge is 0.408 e. The van der Waals surface area contributed by atoms with E-state index < -0.39 is 10.0 Å². The Morgan fingerprint density at radius 3 is 2.26 bits per heavy atom. The second kappa shape index (κ2) is 6.93. The van der Waals surface area contributed by atoms with Crippen molar-refractivity contribution in [1.82, 2.24) is 14.5 Å². The van der Waals surface area contributed by atoms with Crippen molar-refractivity contribution < 1.29 is 17.6 Å². The number of carbonyl (C=O) groups excluding carboxylic acids is 1. The molecule has 0 aliphatic carbocycles. The third-order valence-corrected chi connectivity index (χ3v) is 6.80. The Morgan fingerprint density at radius 2 is 1.70 bits per heavy atom. The number of piperazine rings is 1. The Balaban J connectivity index is 1.45. The van der Waals surface area contributed by atoms with Crippen molar-refractivity contribution in [3.05, 3.63) is 30.2 Å². The predicted molar refractivity (Wildman–Crippen MR) is 98.0 cm³/mol. The lowest BCUT2D eigenvalue weighted by Crippen LogP contribution is -2.48. The van der Waals surface area contributed by atoms with Gasteiger partial charge in [0.15, 0.2) is 0 Å². The lowest BCUT2D eigenvalue weighted by Gasteiger charge is -2.32. The van der Waals surface area contributed by atoms with Crippen LogP contribution in [0.15, 0.2) is 33.6 Å². The van der Waals surface area contributed by atoms with Crippen LogP contribution in [0, 0.1) is 6.92 Å². The molecule has 0 N–H and O–H groups in total. The first-order chi connectivity index (χ1) is 12.9. The summed E-state index contributed by atoms with van der Waals surface area (Å²) in [4.78, 5) is 15.6. The highest BCUT2D eigenvalue weighted by Gasteiger charge is 2.30. The first-order valence-electron chi connectivity index (χ1n) is 8.91. The van der Waals surface area contributed by atoms with Crippen LogP contribution in [0.3, 0.4) is 0 Å². The standard InChI is InChI=1S/C17H21N5O4S/c1-13-18-19-17(26-13)20-9-11-21(12-10-20)27(24,25)15-6-4-14(5-7-15)22-8-2-3-16(22)23/h4-7H,2-3,8-12H2,1H3. The highest BCUT2D eigenvalue weighted by atomic mass is 32.2. The fourth-order valence-electron chi connectivity index (χ4n) is 3.40. The van der Waals surface area contributed by atoms with E-state index in [1.165, 1.54) is 4.31 Å². The Bertz CT molecular complexity index is 932. The molecule has 2 aliphatic rings. The van der Waals surface area contributed by atoms with E-state index in [1.54, 1.807) is 36.1 Å². The minimum absolute atomic E-state index is 0.0815. The molecule has 0 radical (unpaired) electrons. The van der Waals surface area contributed by atoms with Crippen molar-refractivity contribution in [2.24, 2.45) is 0 Å². The van der Waals surface area contributed by atoms with Crippen molar-refractivity contribution in [2.75, 3.05) is 42.5 Å². The van der Waals surface area contributed by atoms with Crippen molar-refractivity contribution in [3.8, 4) is 0 Å². The van der Waals surface area contributed by atoms with E-state index in [-0.39, 0.29) is 10.8 Å². The summed E-state index contributed by atoms with van der Waals surface area (Å²) in [5.74, 6) is 0.564. The molecule has 1 aromatic carbocycles. The van der Waals surface area contributed by atoms with E-state index in [1.807, 2.05) is 4.90 Å². The second-order valence-electron chi connectivity index (χ2n) is 6.64. The Morgan fingerprint density at radius 1 is 1.00 bits per heavy atom. The molecular weight excluding hydrogens is 370 g/mol. The highest BCUT2D eigenvalue weighted by Crippen LogP contribution is 2.25. The average Bonchev–Trinajstić information content (AvgIpc) is 3.30. The SMILES string of the molecule is Cc1nnc(N2CCN(S(=O)(=O)c3ccc(N4CCCC4=O)cc3)CC2)o1. The second-order valence-corrected chi connectivity index (χ2v) is 8.58. The van der Waals surface area contributed by atoms with Crippen LogP contribution in [0.4, 0.5) is 11.7 Å². The van der Waals surface area contributed by atoms with Gasteiger partial charge >= 0.3 is 6.01 Å². The molecule has 9 nitrogen and oxygen atoms in total. The monoisotopic (exact) mass is 391 g/mol. The summed E-state index contributed by atoms with van der Waals surface area (Å²) < 4.78 is 32.7. The maximum atomic E-state index is 12.9. The van der Waals surface area contributed by atoms with E-state index in [9.17, 15) is 13.2 Å². The van der Waals surface area contributed by atoms with E-state index in [0.29, 0.717) is 51.0 Å². The van der Waals surface area contributed by atoms with Gasteiger partial charge < -0.3 is 14.2 Å². The Hall–Kier alpha value is -2.46. The number of carbonyl (C=O) groups is 1. The van der Waals surface area contributed by atoms with Gasteiger partial charge in [-0.25, -0.2) is 8.42 Å². The fraction of sp³-hybridized carbons (Fsp3) is 0.471. The van der Waals surface area contributed by atoms with Gasteiger partial charge in [0.1, 0.15) is 0 Å². The van der Waals surface area contributed by atoms with Crippen molar-refractivity contribution in [3.63, 3.8) is 0 Å². The summed E-state index contributed by atoms with van der Waals surface area (Å²) in [5, 5.41) is 7.78. The van der Waals surface area contributed by atoms with Crippen LogP contribution in [0.25, 0.3) is 0 Å². The van der Waals surface area contributed by atoms with Crippen LogP contribution in [0.2, 0.25) is 0 Å². The quantitative estimate of drug-likeness (QED) is 0.767. The van der Waals surface area contributed by atoms with Gasteiger partial charge in [0.05, 0.1) is 4.90 Å². The number of nitrogens with zero attached hydrogens (tertiary/aromatic N) is 5. The molecular formula is C17H21N5O4S. The van der Waals surface area contributed by atoms with Gasteiger partial charge in [0.2, 0.25) is 21.8 Å². The van der Waals surface area contributed by atoms with Gasteiger partial charge in [-0.15, -0.1) is 5.10 Å². The van der Waals surface area contributed by atoms with Gasteiger partial charge in [-0.1, -0.05) is 5.10 Å². The number of benzene rings is 1. The molecule has 0 spiro atoms. The lowest BCUT2D eigenvalue weighted by atomic mass is 10.3. The van der Waals surface area contributed by atoms with E-state index in [2.05, 4.69) is 10.2 Å². The normalized spacial score (nSPS) is 19.1. The zero-order valence-electron chi connectivity index (χ0n) is 15.0. The number of hydrogen-bond acceptors (Lipinski definition) is 7. The number of rotatable bonds is 4. The van der Waals surface area contributed by atoms with Crippen molar-refractivity contribution >= 4 is 27.6 Å². The summed E-state index contributed by atoms with van der Waals surface area (Å²) in [7, 11) is -3.58. The molecule has 1 amide bonds. The van der Waals surface area contributed by atoms with Crippen molar-refractivity contribution in [2.45, 2.75) is 24.7 Å². The molecule has 4 rings (SSSR count). The number of aromatic nitrogens is 2. The van der Waals surface area contributed by atoms with Gasteiger partial charge in [0.25, 0.3) is 0 Å². The third-order valence-electron chi connectivity index (χ3n) is 4.88. The number of anilines is 2. The molecule has 10 heteroatoms. The van der Waals surface area contributed by atoms with Crippen LogP contribution in [-0.2, 0) is 14.8 Å². The van der Waals surface area contributed by atoms with Gasteiger partial charge in [-0.3, -0.25) is 4.79 Å². The molecule has 0 atom stereocenters. The fourth-order valence-corrected chi connectivity index (χ4v) is 4.82. The molecule has 2 saturated heterocycles. The molecule has 0 saturated carbocycles. The van der Waals surface area contributed by atoms with E-state index in [0.717, 1.165) is 12.1 Å². The Kier molecular flexibility index (Phi) is 4.60. The van der Waals surface area contributed by atoms with Crippen LogP contribution < -0.4 is 9.80 Å². The maximum absolute atomic E-state index is 12.9. The lowest BCUT2D eigenvalue weighted by molar-refractivity contribution is -0.117. The summed E-state index contributed by atoms with van der Waals surface area (Å²) in [5.41, 5.74) is 0.744. The van der Waals surface area contributed by atoms with Crippen LogP contribution >= 0.6 is 0 Å². The molecule has 0 unspecified atom stereocenters. The van der Waals surface area contributed by atoms with Crippen molar-refractivity contribution in [1.29, 1.82) is 0 Å². The zero-order valence-corrected chi connectivity index (χ0v) is 15.9. The minimum atomic E-state index is -3.58. The number of amides is 1. The molecule has 2 aliphatic heterocycles. The van der Waals surface area contributed by atoms with Gasteiger partial charge in [0, 0.05) is 51.8 Å². The molecule has 0 bridgehead atoms. The number of sulfonamides is 1. The highest BCUT2D eigenvalue weighted by molar-refractivity contribution is 7.89. The van der Waals surface area contributed by atoms with E-state index >= 15 is 0 Å². The molecule has 2 fully saturated rings. The maximum Gasteiger partial charge on any atom is 0.318 e. The smallest absolute Gasteiger partial charge is 0.318 e. The van der Waals surface area contributed by atoms with Crippen LogP contribution in [0.1, 0.15) is 18.7 Å². The van der Waals surface area contributed by atoms with Crippen LogP contribution in [-0.4, -0.2) is 61.6 Å². The van der Waals surface area contributed by atoms with Gasteiger partial charge in [-0.2, -0.15) is 4.31 Å². The summed E-state index contributed by atoms with van der Waals surface area (Å²) in [6, 6.07) is 6.97. The summed E-state index contributed by atoms with van der Waals surface area (Å²) >= 11 is 0. The molecule has 2 aromatic rings. The van der Waals surface area contributed by atoms with Crippen LogP contribution in [0.5, 0.6) is 0 Å². The summed E-state index contributed by atoms with van der Waals surface area (Å²) in [6.45, 7) is 4.06. The van der Waals surface area contributed by atoms with Gasteiger partial charge in [-0.05, 0) is 30.7 Å². The van der Waals surface area contributed by atoms with E-state index in [4.69, 9.17) is 4.42 Å². The molecule has 144 valence electrons.